The van der Waals surface area contributed by atoms with E-state index in [4.69, 9.17) is 15.3 Å². The predicted molar refractivity (Wildman–Crippen MR) is 50.2 cm³/mol. The summed E-state index contributed by atoms with van der Waals surface area (Å²) in [6, 6.07) is 3.54. The normalized spacial score (nSPS) is 13.4. The zero-order chi connectivity index (χ0) is 8.27. The molecule has 0 aliphatic carbocycles. The highest BCUT2D eigenvalue weighted by Gasteiger charge is 2.05. The summed E-state index contributed by atoms with van der Waals surface area (Å²) < 4.78 is 6.10. The summed E-state index contributed by atoms with van der Waals surface area (Å²) >= 11 is 2.09. The Morgan fingerprint density at radius 1 is 1.64 bits per heavy atom. The summed E-state index contributed by atoms with van der Waals surface area (Å²) in [6.07, 6.45) is 0.597. The monoisotopic (exact) mass is 267 g/mol. The second-order valence-electron chi connectivity index (χ2n) is 2.35. The average molecular weight is 267 g/mol. The predicted octanol–water partition coefficient (Wildman–Crippen LogP) is 0.746. The van der Waals surface area contributed by atoms with Crippen molar-refractivity contribution in [2.45, 2.75) is 12.5 Å². The molecule has 1 heterocycles. The molecule has 4 heteroatoms. The van der Waals surface area contributed by atoms with E-state index in [0.717, 1.165) is 9.53 Å². The van der Waals surface area contributed by atoms with E-state index in [9.17, 15) is 0 Å². The molecule has 11 heavy (non-hydrogen) atoms. The minimum atomic E-state index is -0.211. The molecule has 0 radical (unpaired) electrons. The SMILES string of the molecule is NC(CO)Cc1ccc(I)o1. The van der Waals surface area contributed by atoms with Crippen LogP contribution < -0.4 is 5.73 Å². The molecule has 0 saturated carbocycles. The van der Waals surface area contributed by atoms with Crippen molar-refractivity contribution < 1.29 is 9.52 Å². The maximum Gasteiger partial charge on any atom is 0.163 e. The van der Waals surface area contributed by atoms with Crippen molar-refractivity contribution in [3.05, 3.63) is 21.7 Å². The van der Waals surface area contributed by atoms with Gasteiger partial charge in [0.05, 0.1) is 6.61 Å². The minimum Gasteiger partial charge on any atom is -0.455 e. The van der Waals surface area contributed by atoms with Gasteiger partial charge in [-0.05, 0) is 34.7 Å². The van der Waals surface area contributed by atoms with E-state index in [1.807, 2.05) is 12.1 Å². The van der Waals surface area contributed by atoms with E-state index in [1.165, 1.54) is 0 Å². The Bertz CT molecular complexity index is 224. The molecule has 1 aromatic rings. The van der Waals surface area contributed by atoms with Crippen LogP contribution in [0.15, 0.2) is 16.5 Å². The molecule has 0 fully saturated rings. The first-order chi connectivity index (χ1) is 5.22. The first-order valence-electron chi connectivity index (χ1n) is 3.33. The summed E-state index contributed by atoms with van der Waals surface area (Å²) in [7, 11) is 0. The number of furan rings is 1. The van der Waals surface area contributed by atoms with Crippen molar-refractivity contribution in [2.24, 2.45) is 5.73 Å². The number of hydrogen-bond acceptors (Lipinski definition) is 3. The van der Waals surface area contributed by atoms with E-state index < -0.39 is 0 Å². The van der Waals surface area contributed by atoms with Crippen LogP contribution >= 0.6 is 22.6 Å². The highest BCUT2D eigenvalue weighted by Crippen LogP contribution is 2.11. The Balaban J connectivity index is 2.50. The van der Waals surface area contributed by atoms with Gasteiger partial charge in [0.25, 0.3) is 0 Å². The maximum absolute atomic E-state index is 8.63. The molecule has 3 nitrogen and oxygen atoms in total. The lowest BCUT2D eigenvalue weighted by molar-refractivity contribution is 0.259. The standard InChI is InChI=1S/C7H10INO2/c8-7-2-1-6(11-7)3-5(9)4-10/h1-2,5,10H,3-4,9H2. The average Bonchev–Trinajstić information content (AvgIpc) is 2.35. The fourth-order valence-electron chi connectivity index (χ4n) is 0.784. The maximum atomic E-state index is 8.63. The van der Waals surface area contributed by atoms with Crippen molar-refractivity contribution in [1.29, 1.82) is 0 Å². The Hall–Kier alpha value is -0.0700. The van der Waals surface area contributed by atoms with Crippen LogP contribution in [0.5, 0.6) is 0 Å². The van der Waals surface area contributed by atoms with Crippen LogP contribution in [0, 0.1) is 3.77 Å². The number of hydrogen-bond donors (Lipinski definition) is 2. The van der Waals surface area contributed by atoms with E-state index >= 15 is 0 Å². The molecule has 1 aromatic heterocycles. The summed E-state index contributed by atoms with van der Waals surface area (Å²) in [5.41, 5.74) is 5.50. The molecule has 1 unspecified atom stereocenters. The third kappa shape index (κ3) is 2.80. The molecule has 0 aliphatic rings. The van der Waals surface area contributed by atoms with E-state index in [1.54, 1.807) is 0 Å². The van der Waals surface area contributed by atoms with Crippen molar-refractivity contribution in [1.82, 2.24) is 0 Å². The Kier molecular flexibility index (Phi) is 3.35. The second kappa shape index (κ2) is 4.08. The molecular formula is C7H10INO2. The van der Waals surface area contributed by atoms with Gasteiger partial charge in [0.2, 0.25) is 0 Å². The van der Waals surface area contributed by atoms with Crippen LogP contribution in [0.25, 0.3) is 0 Å². The number of halogens is 1. The number of aliphatic hydroxyl groups excluding tert-OH is 1. The minimum absolute atomic E-state index is 0.00270. The molecule has 0 saturated heterocycles. The van der Waals surface area contributed by atoms with Gasteiger partial charge in [-0.3, -0.25) is 0 Å². The first-order valence-corrected chi connectivity index (χ1v) is 4.41. The van der Waals surface area contributed by atoms with Gasteiger partial charge in [0.1, 0.15) is 5.76 Å². The molecule has 0 aromatic carbocycles. The number of nitrogens with two attached hydrogens (primary N) is 1. The lowest BCUT2D eigenvalue weighted by Crippen LogP contribution is -2.26. The van der Waals surface area contributed by atoms with E-state index in [0.29, 0.717) is 6.42 Å². The molecule has 0 amide bonds. The summed E-state index contributed by atoms with van der Waals surface area (Å²) in [5, 5.41) is 8.63. The summed E-state index contributed by atoms with van der Waals surface area (Å²) in [6.45, 7) is -0.00270. The lowest BCUT2D eigenvalue weighted by atomic mass is 10.2. The molecular weight excluding hydrogens is 257 g/mol. The van der Waals surface area contributed by atoms with E-state index in [2.05, 4.69) is 22.6 Å². The zero-order valence-electron chi connectivity index (χ0n) is 5.96. The van der Waals surface area contributed by atoms with Crippen LogP contribution in [0.1, 0.15) is 5.76 Å². The van der Waals surface area contributed by atoms with Crippen LogP contribution in [0.2, 0.25) is 0 Å². The topological polar surface area (TPSA) is 59.4 Å². The fourth-order valence-corrected chi connectivity index (χ4v) is 1.25. The molecule has 0 bridgehead atoms. The molecule has 62 valence electrons. The van der Waals surface area contributed by atoms with Gasteiger partial charge in [-0.2, -0.15) is 0 Å². The first kappa shape index (κ1) is 9.02. The molecule has 0 aliphatic heterocycles. The highest BCUT2D eigenvalue weighted by atomic mass is 127. The van der Waals surface area contributed by atoms with Gasteiger partial charge in [-0.15, -0.1) is 0 Å². The van der Waals surface area contributed by atoms with Gasteiger partial charge in [-0.1, -0.05) is 0 Å². The lowest BCUT2D eigenvalue weighted by Gasteiger charge is -2.03. The molecule has 1 atom stereocenters. The Morgan fingerprint density at radius 3 is 2.82 bits per heavy atom. The quantitative estimate of drug-likeness (QED) is 0.794. The van der Waals surface area contributed by atoms with Crippen LogP contribution in [0.3, 0.4) is 0 Å². The van der Waals surface area contributed by atoms with Gasteiger partial charge in [0, 0.05) is 12.5 Å². The second-order valence-corrected chi connectivity index (χ2v) is 3.42. The van der Waals surface area contributed by atoms with Gasteiger partial charge in [-0.25, -0.2) is 0 Å². The smallest absolute Gasteiger partial charge is 0.163 e. The summed E-state index contributed by atoms with van der Waals surface area (Å²) in [5.74, 6) is 0.830. The van der Waals surface area contributed by atoms with Gasteiger partial charge < -0.3 is 15.3 Å². The third-order valence-corrected chi connectivity index (χ3v) is 1.91. The molecule has 3 N–H and O–H groups in total. The highest BCUT2D eigenvalue weighted by molar-refractivity contribution is 14.1. The Labute approximate surface area is 78.7 Å². The Morgan fingerprint density at radius 2 is 2.36 bits per heavy atom. The van der Waals surface area contributed by atoms with Crippen molar-refractivity contribution in [2.75, 3.05) is 6.61 Å². The zero-order valence-corrected chi connectivity index (χ0v) is 8.11. The van der Waals surface area contributed by atoms with Crippen molar-refractivity contribution >= 4 is 22.6 Å². The van der Waals surface area contributed by atoms with Crippen LogP contribution in [-0.2, 0) is 6.42 Å². The van der Waals surface area contributed by atoms with Crippen molar-refractivity contribution in [3.63, 3.8) is 0 Å². The molecule has 0 spiro atoms. The largest absolute Gasteiger partial charge is 0.455 e. The van der Waals surface area contributed by atoms with E-state index in [-0.39, 0.29) is 12.6 Å². The van der Waals surface area contributed by atoms with Crippen LogP contribution in [-0.4, -0.2) is 17.8 Å². The third-order valence-electron chi connectivity index (χ3n) is 1.33. The van der Waals surface area contributed by atoms with Gasteiger partial charge >= 0.3 is 0 Å². The summed E-state index contributed by atoms with van der Waals surface area (Å²) in [4.78, 5) is 0. The number of rotatable bonds is 3. The fraction of sp³-hybridized carbons (Fsp3) is 0.429. The van der Waals surface area contributed by atoms with Crippen LogP contribution in [0.4, 0.5) is 0 Å². The molecule has 1 rings (SSSR count). The number of aliphatic hydroxyl groups is 1. The van der Waals surface area contributed by atoms with Crippen molar-refractivity contribution in [3.8, 4) is 0 Å². The van der Waals surface area contributed by atoms with Gasteiger partial charge in [0.15, 0.2) is 3.77 Å².